The molecule has 0 aliphatic rings. The zero-order valence-corrected chi connectivity index (χ0v) is 11.7. The lowest BCUT2D eigenvalue weighted by Gasteiger charge is -2.08. The van der Waals surface area contributed by atoms with E-state index in [1.54, 1.807) is 12.5 Å². The Morgan fingerprint density at radius 3 is 2.71 bits per heavy atom. The van der Waals surface area contributed by atoms with Crippen molar-refractivity contribution in [2.75, 3.05) is 0 Å². The highest BCUT2D eigenvalue weighted by Crippen LogP contribution is 2.30. The summed E-state index contributed by atoms with van der Waals surface area (Å²) >= 11 is 6.34. The Morgan fingerprint density at radius 1 is 1.00 bits per heavy atom. The van der Waals surface area contributed by atoms with Crippen LogP contribution in [0.4, 0.5) is 0 Å². The smallest absolute Gasteiger partial charge is 0.183 e. The fourth-order valence-electron chi connectivity index (χ4n) is 2.34. The lowest BCUT2D eigenvalue weighted by Crippen LogP contribution is -1.98. The third kappa shape index (κ3) is 1.92. The van der Waals surface area contributed by atoms with E-state index in [2.05, 4.69) is 9.97 Å². The number of nitrogens with zero attached hydrogens (tertiary/aromatic N) is 3. The second-order valence-electron chi connectivity index (χ2n) is 4.55. The molecule has 4 aromatic rings. The van der Waals surface area contributed by atoms with Crippen LogP contribution >= 0.6 is 11.6 Å². The molecule has 0 aliphatic heterocycles. The Balaban J connectivity index is 2.11. The zero-order chi connectivity index (χ0) is 14.2. The van der Waals surface area contributed by atoms with Crippen LogP contribution in [0.5, 0.6) is 0 Å². The maximum atomic E-state index is 6.34. The van der Waals surface area contributed by atoms with Gasteiger partial charge < -0.3 is 4.42 Å². The van der Waals surface area contributed by atoms with Gasteiger partial charge in [0, 0.05) is 6.20 Å². The summed E-state index contributed by atoms with van der Waals surface area (Å²) in [5.74, 6) is 1.36. The van der Waals surface area contributed by atoms with Crippen LogP contribution in [0.1, 0.15) is 0 Å². The second-order valence-corrected chi connectivity index (χ2v) is 4.95. The molecule has 102 valence electrons. The number of halogens is 1. The first-order chi connectivity index (χ1) is 10.3. The van der Waals surface area contributed by atoms with Crippen LogP contribution in [-0.2, 0) is 0 Å². The molecule has 0 spiro atoms. The van der Waals surface area contributed by atoms with Crippen molar-refractivity contribution in [3.63, 3.8) is 0 Å². The largest absolute Gasteiger partial charge is 0.461 e. The van der Waals surface area contributed by atoms with E-state index in [1.807, 2.05) is 53.1 Å². The van der Waals surface area contributed by atoms with E-state index in [1.165, 1.54) is 0 Å². The standard InChI is InChI=1S/C16H10ClN3O/c17-11-5-1-2-7-13(11)20-15-12(6-3-9-18-15)19-16(20)14-8-4-10-21-14/h1-10H. The number of aromatic nitrogens is 3. The summed E-state index contributed by atoms with van der Waals surface area (Å²) in [5, 5.41) is 0.634. The normalized spacial score (nSPS) is 11.1. The van der Waals surface area contributed by atoms with Crippen LogP contribution in [0.3, 0.4) is 0 Å². The summed E-state index contributed by atoms with van der Waals surface area (Å²) < 4.78 is 7.41. The molecule has 0 fully saturated rings. The van der Waals surface area contributed by atoms with Gasteiger partial charge in [0.05, 0.1) is 17.0 Å². The zero-order valence-electron chi connectivity index (χ0n) is 10.9. The van der Waals surface area contributed by atoms with Gasteiger partial charge in [-0.25, -0.2) is 9.97 Å². The monoisotopic (exact) mass is 295 g/mol. The van der Waals surface area contributed by atoms with E-state index >= 15 is 0 Å². The van der Waals surface area contributed by atoms with Crippen LogP contribution in [0.2, 0.25) is 5.02 Å². The van der Waals surface area contributed by atoms with Crippen LogP contribution in [-0.4, -0.2) is 14.5 Å². The highest BCUT2D eigenvalue weighted by atomic mass is 35.5. The topological polar surface area (TPSA) is 43.9 Å². The molecule has 0 radical (unpaired) electrons. The Kier molecular flexibility index (Phi) is 2.75. The summed E-state index contributed by atoms with van der Waals surface area (Å²) in [6.07, 6.45) is 3.36. The van der Waals surface area contributed by atoms with E-state index in [4.69, 9.17) is 16.0 Å². The molecule has 21 heavy (non-hydrogen) atoms. The molecule has 0 amide bonds. The molecule has 3 heterocycles. The molecule has 4 rings (SSSR count). The maximum absolute atomic E-state index is 6.34. The molecule has 0 saturated heterocycles. The van der Waals surface area contributed by atoms with Gasteiger partial charge in [-0.3, -0.25) is 4.57 Å². The van der Waals surface area contributed by atoms with E-state index in [9.17, 15) is 0 Å². The summed E-state index contributed by atoms with van der Waals surface area (Å²) in [4.78, 5) is 9.05. The number of pyridine rings is 1. The Hall–Kier alpha value is -2.59. The number of rotatable bonds is 2. The third-order valence-electron chi connectivity index (χ3n) is 3.25. The van der Waals surface area contributed by atoms with Crippen molar-refractivity contribution in [2.45, 2.75) is 0 Å². The predicted molar refractivity (Wildman–Crippen MR) is 81.6 cm³/mol. The highest BCUT2D eigenvalue weighted by molar-refractivity contribution is 6.32. The molecule has 0 unspecified atom stereocenters. The molecule has 1 aromatic carbocycles. The number of hydrogen-bond donors (Lipinski definition) is 0. The average Bonchev–Trinajstić information content (AvgIpc) is 3.15. The van der Waals surface area contributed by atoms with Gasteiger partial charge in [0.2, 0.25) is 0 Å². The summed E-state index contributed by atoms with van der Waals surface area (Å²) in [7, 11) is 0. The quantitative estimate of drug-likeness (QED) is 0.553. The first kappa shape index (κ1) is 12.2. The van der Waals surface area contributed by atoms with Gasteiger partial charge in [-0.1, -0.05) is 23.7 Å². The average molecular weight is 296 g/mol. The van der Waals surface area contributed by atoms with Crippen LogP contribution in [0.15, 0.2) is 65.4 Å². The number of benzene rings is 1. The van der Waals surface area contributed by atoms with Gasteiger partial charge in [-0.05, 0) is 36.4 Å². The Labute approximate surface area is 125 Å². The van der Waals surface area contributed by atoms with Crippen molar-refractivity contribution in [2.24, 2.45) is 0 Å². The van der Waals surface area contributed by atoms with Crippen LogP contribution < -0.4 is 0 Å². The molecule has 0 bridgehead atoms. The third-order valence-corrected chi connectivity index (χ3v) is 3.57. The van der Waals surface area contributed by atoms with Crippen molar-refractivity contribution in [3.8, 4) is 17.3 Å². The molecule has 0 saturated carbocycles. The SMILES string of the molecule is Clc1ccccc1-n1c(-c2ccco2)nc2cccnc21. The van der Waals surface area contributed by atoms with Crippen molar-refractivity contribution >= 4 is 22.8 Å². The van der Waals surface area contributed by atoms with Gasteiger partial charge >= 0.3 is 0 Å². The number of furan rings is 1. The minimum absolute atomic E-state index is 0.634. The molecule has 0 aliphatic carbocycles. The molecule has 0 atom stereocenters. The number of imidazole rings is 1. The van der Waals surface area contributed by atoms with E-state index in [0.717, 1.165) is 16.9 Å². The van der Waals surface area contributed by atoms with Crippen molar-refractivity contribution < 1.29 is 4.42 Å². The summed E-state index contributed by atoms with van der Waals surface area (Å²) in [5.41, 5.74) is 2.37. The number of para-hydroxylation sites is 1. The number of fused-ring (bicyclic) bond motifs is 1. The van der Waals surface area contributed by atoms with Crippen molar-refractivity contribution in [1.82, 2.24) is 14.5 Å². The highest BCUT2D eigenvalue weighted by Gasteiger charge is 2.18. The Bertz CT molecular complexity index is 912. The van der Waals surface area contributed by atoms with E-state index in [-0.39, 0.29) is 0 Å². The summed E-state index contributed by atoms with van der Waals surface area (Å²) in [6.45, 7) is 0. The molecular formula is C16H10ClN3O. The first-order valence-electron chi connectivity index (χ1n) is 6.47. The maximum Gasteiger partial charge on any atom is 0.183 e. The van der Waals surface area contributed by atoms with Gasteiger partial charge in [0.15, 0.2) is 17.2 Å². The minimum atomic E-state index is 0.634. The van der Waals surface area contributed by atoms with Crippen molar-refractivity contribution in [1.29, 1.82) is 0 Å². The van der Waals surface area contributed by atoms with E-state index in [0.29, 0.717) is 16.6 Å². The van der Waals surface area contributed by atoms with Crippen molar-refractivity contribution in [3.05, 3.63) is 66.0 Å². The molecule has 3 aromatic heterocycles. The lowest BCUT2D eigenvalue weighted by atomic mass is 10.3. The predicted octanol–water partition coefficient (Wildman–Crippen LogP) is 4.33. The second kappa shape index (κ2) is 4.75. The van der Waals surface area contributed by atoms with E-state index < -0.39 is 0 Å². The lowest BCUT2D eigenvalue weighted by molar-refractivity contribution is 0.576. The van der Waals surface area contributed by atoms with Gasteiger partial charge in [0.25, 0.3) is 0 Å². The molecule has 0 N–H and O–H groups in total. The summed E-state index contributed by atoms with van der Waals surface area (Å²) in [6, 6.07) is 15.1. The molecule has 5 heteroatoms. The van der Waals surface area contributed by atoms with Gasteiger partial charge in [-0.15, -0.1) is 0 Å². The fourth-order valence-corrected chi connectivity index (χ4v) is 2.57. The Morgan fingerprint density at radius 2 is 1.90 bits per heavy atom. The molecular weight excluding hydrogens is 286 g/mol. The molecule has 4 nitrogen and oxygen atoms in total. The fraction of sp³-hybridized carbons (Fsp3) is 0. The van der Waals surface area contributed by atoms with Crippen LogP contribution in [0, 0.1) is 0 Å². The van der Waals surface area contributed by atoms with Gasteiger partial charge in [0.1, 0.15) is 5.52 Å². The number of hydrogen-bond acceptors (Lipinski definition) is 3. The minimum Gasteiger partial charge on any atom is -0.461 e. The van der Waals surface area contributed by atoms with Crippen LogP contribution in [0.25, 0.3) is 28.4 Å². The first-order valence-corrected chi connectivity index (χ1v) is 6.84. The van der Waals surface area contributed by atoms with Gasteiger partial charge in [-0.2, -0.15) is 0 Å².